The van der Waals surface area contributed by atoms with Crippen molar-refractivity contribution in [2.75, 3.05) is 6.54 Å². The number of amides is 1. The minimum atomic E-state index is -4.37. The topological polar surface area (TPSA) is 69.6 Å². The van der Waals surface area contributed by atoms with Crippen LogP contribution in [0.5, 0.6) is 0 Å². The molecule has 33 heavy (non-hydrogen) atoms. The second-order valence-corrected chi connectivity index (χ2v) is 8.63. The molecule has 0 radical (unpaired) electrons. The van der Waals surface area contributed by atoms with Gasteiger partial charge in [0.2, 0.25) is 5.91 Å². The summed E-state index contributed by atoms with van der Waals surface area (Å²) in [6.45, 7) is 1.12. The van der Waals surface area contributed by atoms with Gasteiger partial charge in [-0.05, 0) is 67.6 Å². The molecule has 5 nitrogen and oxygen atoms in total. The van der Waals surface area contributed by atoms with Crippen LogP contribution in [-0.2, 0) is 23.1 Å². The Morgan fingerprint density at radius 3 is 2.21 bits per heavy atom. The molecule has 2 aromatic rings. The van der Waals surface area contributed by atoms with Crippen LogP contribution in [0.1, 0.15) is 59.2 Å². The number of carbonyl (C=O) groups excluding carboxylic acids is 1. The molecule has 1 aliphatic heterocycles. The molecule has 0 spiro atoms. The third kappa shape index (κ3) is 5.81. The van der Waals surface area contributed by atoms with E-state index in [1.807, 2.05) is 4.90 Å². The molecule has 1 atom stereocenters. The van der Waals surface area contributed by atoms with Crippen LogP contribution in [-0.4, -0.2) is 53.3 Å². The van der Waals surface area contributed by atoms with Crippen molar-refractivity contribution in [3.63, 3.8) is 0 Å². The fourth-order valence-corrected chi connectivity index (χ4v) is 4.37. The third-order valence-corrected chi connectivity index (χ3v) is 6.38. The second-order valence-electron chi connectivity index (χ2n) is 8.63. The molecule has 2 N–H and O–H groups in total. The summed E-state index contributed by atoms with van der Waals surface area (Å²) in [5, 5.41) is 12.3. The van der Waals surface area contributed by atoms with E-state index in [0.717, 1.165) is 48.9 Å². The van der Waals surface area contributed by atoms with E-state index < -0.39 is 23.2 Å². The zero-order valence-electron chi connectivity index (χ0n) is 17.5. The number of hydrogen-bond donors (Lipinski definition) is 2. The van der Waals surface area contributed by atoms with Gasteiger partial charge in [0.05, 0.1) is 22.7 Å². The molecule has 1 aliphatic carbocycles. The van der Waals surface area contributed by atoms with Gasteiger partial charge in [-0.25, -0.2) is 4.79 Å². The van der Waals surface area contributed by atoms with Gasteiger partial charge < -0.3 is 10.4 Å². The zero-order chi connectivity index (χ0) is 22.9. The molecule has 1 saturated heterocycles. The summed E-state index contributed by atoms with van der Waals surface area (Å²) in [7, 11) is 0. The van der Waals surface area contributed by atoms with Crippen LogP contribution in [0, 0.1) is 0 Å². The van der Waals surface area contributed by atoms with Crippen LogP contribution >= 0.6 is 0 Å². The fourth-order valence-electron chi connectivity index (χ4n) is 4.37. The van der Waals surface area contributed by atoms with Gasteiger partial charge in [0.25, 0.3) is 0 Å². The molecule has 0 aromatic heterocycles. The van der Waals surface area contributed by atoms with Crippen LogP contribution in [0.3, 0.4) is 0 Å². The van der Waals surface area contributed by atoms with Crippen LogP contribution in [0.15, 0.2) is 48.5 Å². The molecule has 1 heterocycles. The van der Waals surface area contributed by atoms with E-state index in [2.05, 4.69) is 5.32 Å². The van der Waals surface area contributed by atoms with Crippen molar-refractivity contribution in [3.05, 3.63) is 70.8 Å². The van der Waals surface area contributed by atoms with E-state index in [9.17, 15) is 22.8 Å². The maximum absolute atomic E-state index is 13.2. The van der Waals surface area contributed by atoms with E-state index in [1.165, 1.54) is 12.1 Å². The van der Waals surface area contributed by atoms with Crippen LogP contribution in [0.2, 0.25) is 0 Å². The molecule has 4 rings (SSSR count). The first-order valence-corrected chi connectivity index (χ1v) is 10.7. The number of hydrogen-bond acceptors (Lipinski definition) is 3. The van der Waals surface area contributed by atoms with E-state index in [1.54, 1.807) is 24.3 Å². The number of nitrogens with one attached hydrogen (secondary N) is 1. The van der Waals surface area contributed by atoms with Crippen molar-refractivity contribution in [1.29, 1.82) is 0 Å². The summed E-state index contributed by atoms with van der Waals surface area (Å²) in [5.41, 5.74) is 0.680. The minimum absolute atomic E-state index is 0. The summed E-state index contributed by atoms with van der Waals surface area (Å²) in [4.78, 5) is 26.3. The molecule has 1 unspecified atom stereocenters. The van der Waals surface area contributed by atoms with Crippen molar-refractivity contribution in [3.8, 4) is 0 Å². The van der Waals surface area contributed by atoms with Gasteiger partial charge >= 0.3 is 31.0 Å². The van der Waals surface area contributed by atoms with Gasteiger partial charge in [0.15, 0.2) is 0 Å². The first-order chi connectivity index (χ1) is 15.2. The third-order valence-electron chi connectivity index (χ3n) is 6.38. The van der Waals surface area contributed by atoms with Gasteiger partial charge in [-0.15, -0.1) is 0 Å². The zero-order valence-corrected chi connectivity index (χ0v) is 17.5. The van der Waals surface area contributed by atoms with Crippen molar-refractivity contribution in [2.24, 2.45) is 0 Å². The Balaban J connectivity index is 0.00000306. The standard InChI is InChI=1S/C24H25F3N2O3.Li.H/c25-24(26,27)19-8-4-16(5-9-19)15-29-14-2-1-3-20(29)21(30)28-23(12-13-23)18-10-6-17(7-11-18)22(31)32;;/h4-11,20H,1-3,12-15H2,(H,28,30)(H,31,32);;. The average molecular weight is 454 g/mol. The number of benzene rings is 2. The number of carbonyl (C=O) groups is 2. The van der Waals surface area contributed by atoms with Crippen molar-refractivity contribution < 1.29 is 27.9 Å². The molecular weight excluding hydrogens is 428 g/mol. The number of likely N-dealkylation sites (tertiary alicyclic amines) is 1. The summed E-state index contributed by atoms with van der Waals surface area (Å²) < 4.78 is 38.5. The molecule has 0 bridgehead atoms. The van der Waals surface area contributed by atoms with E-state index in [4.69, 9.17) is 5.11 Å². The number of nitrogens with zero attached hydrogens (tertiary/aromatic N) is 1. The molecule has 2 aromatic carbocycles. The Bertz CT molecular complexity index is 990. The molecule has 2 aliphatic rings. The van der Waals surface area contributed by atoms with Crippen LogP contribution in [0.25, 0.3) is 0 Å². The molecule has 1 amide bonds. The maximum atomic E-state index is 13.2. The van der Waals surface area contributed by atoms with E-state index in [-0.39, 0.29) is 36.4 Å². The Morgan fingerprint density at radius 2 is 1.67 bits per heavy atom. The SMILES string of the molecule is O=C(O)c1ccc(C2(NC(=O)C3CCCCN3Cc3ccc(C(F)(F)F)cc3)CC2)cc1.[LiH]. The predicted molar refractivity (Wildman–Crippen MR) is 119 cm³/mol. The quantitative estimate of drug-likeness (QED) is 0.650. The van der Waals surface area contributed by atoms with Crippen LogP contribution < -0.4 is 5.32 Å². The van der Waals surface area contributed by atoms with E-state index >= 15 is 0 Å². The monoisotopic (exact) mass is 454 g/mol. The molecule has 2 fully saturated rings. The Labute approximate surface area is 202 Å². The Hall–Kier alpha value is -2.27. The number of rotatable bonds is 6. The molecule has 1 saturated carbocycles. The van der Waals surface area contributed by atoms with E-state index in [0.29, 0.717) is 19.5 Å². The average Bonchev–Trinajstić information content (AvgIpc) is 3.54. The second kappa shape index (κ2) is 9.92. The van der Waals surface area contributed by atoms with Crippen molar-refractivity contribution in [2.45, 2.75) is 56.4 Å². The van der Waals surface area contributed by atoms with Gasteiger partial charge in [-0.1, -0.05) is 30.7 Å². The van der Waals surface area contributed by atoms with Crippen LogP contribution in [0.4, 0.5) is 13.2 Å². The normalized spacial score (nSPS) is 19.9. The van der Waals surface area contributed by atoms with Gasteiger partial charge in [0, 0.05) is 6.54 Å². The Morgan fingerprint density at radius 1 is 1.03 bits per heavy atom. The van der Waals surface area contributed by atoms with Gasteiger partial charge in [-0.3, -0.25) is 9.69 Å². The first kappa shape index (κ1) is 25.4. The summed E-state index contributed by atoms with van der Waals surface area (Å²) in [5.74, 6) is -1.08. The van der Waals surface area contributed by atoms with Gasteiger partial charge in [0.1, 0.15) is 0 Å². The predicted octanol–water partition coefficient (Wildman–Crippen LogP) is 3.92. The number of piperidine rings is 1. The number of alkyl halides is 3. The summed E-state index contributed by atoms with van der Waals surface area (Å²) >= 11 is 0. The molecule has 172 valence electrons. The molecule has 9 heteroatoms. The fraction of sp³-hybridized carbons (Fsp3) is 0.417. The summed E-state index contributed by atoms with van der Waals surface area (Å²) in [6, 6.07) is 11.3. The summed E-state index contributed by atoms with van der Waals surface area (Å²) in [6.07, 6.45) is -0.241. The number of carboxylic acids is 1. The number of halogens is 3. The Kier molecular flexibility index (Phi) is 7.62. The van der Waals surface area contributed by atoms with Crippen molar-refractivity contribution in [1.82, 2.24) is 10.2 Å². The first-order valence-electron chi connectivity index (χ1n) is 10.7. The number of aromatic carboxylic acids is 1. The van der Waals surface area contributed by atoms with Gasteiger partial charge in [-0.2, -0.15) is 13.2 Å². The van der Waals surface area contributed by atoms with Crippen molar-refractivity contribution >= 4 is 30.7 Å². The molecular formula is C24H26F3LiN2O3. The number of carboxylic acid groups (broad SMARTS) is 1.